The molecule has 12 nitrogen and oxygen atoms in total. The summed E-state index contributed by atoms with van der Waals surface area (Å²) in [7, 11) is -3.58. The van der Waals surface area contributed by atoms with E-state index in [4.69, 9.17) is 0 Å². The fourth-order valence-corrected chi connectivity index (χ4v) is 13.2. The van der Waals surface area contributed by atoms with Gasteiger partial charge in [-0.2, -0.15) is 0 Å². The molecule has 0 spiro atoms. The fraction of sp³-hybridized carbons (Fsp3) is 0.881. The van der Waals surface area contributed by atoms with E-state index in [-0.39, 0.29) is 52.7 Å². The van der Waals surface area contributed by atoms with Crippen LogP contribution in [0.2, 0.25) is 0 Å². The van der Waals surface area contributed by atoms with Crippen LogP contribution in [0.15, 0.2) is 0 Å². The number of ketones is 1. The molecule has 13 heteroatoms. The Bertz CT molecular complexity index is 1670. The normalized spacial score (nSPS) is 31.4. The summed E-state index contributed by atoms with van der Waals surface area (Å²) >= 11 is 0. The number of urea groups is 1. The third-order valence-corrected chi connectivity index (χ3v) is 18.9. The second-order valence-electron chi connectivity index (χ2n) is 20.4. The number of nitrogens with zero attached hydrogens (tertiary/aromatic N) is 1. The number of amides is 5. The number of hydrogen-bond donors (Lipinski definition) is 4. The highest BCUT2D eigenvalue weighted by Crippen LogP contribution is 2.75. The zero-order chi connectivity index (χ0) is 39.8. The minimum absolute atomic E-state index is 0.0176. The van der Waals surface area contributed by atoms with Crippen molar-refractivity contribution in [3.8, 4) is 0 Å². The van der Waals surface area contributed by atoms with Crippen LogP contribution in [0.25, 0.3) is 0 Å². The molecule has 5 amide bonds. The van der Waals surface area contributed by atoms with E-state index in [0.717, 1.165) is 77.0 Å². The molecule has 1 heterocycles. The van der Waals surface area contributed by atoms with Crippen molar-refractivity contribution in [3.63, 3.8) is 0 Å². The second kappa shape index (κ2) is 14.3. The Hall–Kier alpha value is -2.70. The molecule has 1 saturated heterocycles. The Kier molecular flexibility index (Phi) is 10.5. The van der Waals surface area contributed by atoms with Gasteiger partial charge in [-0.05, 0) is 106 Å². The zero-order valence-electron chi connectivity index (χ0n) is 34.2. The van der Waals surface area contributed by atoms with Gasteiger partial charge in [0.25, 0.3) is 5.91 Å². The SMILES string of the molecule is CCC(C)(C)S(=O)(=O)CC1(NC(=O)N[C@H](C(=O)N2CC3C4C(CC42C(=O)NC(CC2CC2)C(=O)C(=O)NC2CC2)C3(C)C)C2(C)CCCCC2)CCCCC1. The lowest BCUT2D eigenvalue weighted by Crippen LogP contribution is -2.77. The van der Waals surface area contributed by atoms with Gasteiger partial charge < -0.3 is 26.2 Å². The monoisotopic (exact) mass is 785 g/mol. The molecule has 0 bridgehead atoms. The highest BCUT2D eigenvalue weighted by Gasteiger charge is 2.81. The first kappa shape index (κ1) is 40.5. The number of carbonyl (C=O) groups excluding carboxylic acids is 5. The molecule has 0 aromatic carbocycles. The van der Waals surface area contributed by atoms with E-state index in [9.17, 15) is 27.6 Å². The van der Waals surface area contributed by atoms with E-state index in [1.54, 1.807) is 18.7 Å². The summed E-state index contributed by atoms with van der Waals surface area (Å²) in [6.07, 6.45) is 13.0. The van der Waals surface area contributed by atoms with E-state index in [0.29, 0.717) is 38.6 Å². The fourth-order valence-electron chi connectivity index (χ4n) is 11.3. The third-order valence-electron chi connectivity index (χ3n) is 16.0. The number of nitrogens with one attached hydrogen (secondary N) is 4. The molecule has 0 aromatic rings. The average Bonchev–Trinajstić information content (AvgIpc) is 4.06. The first-order valence-corrected chi connectivity index (χ1v) is 23.2. The van der Waals surface area contributed by atoms with E-state index in [1.807, 2.05) is 6.92 Å². The van der Waals surface area contributed by atoms with Gasteiger partial charge in [0, 0.05) is 12.6 Å². The van der Waals surface area contributed by atoms with Gasteiger partial charge in [0.2, 0.25) is 17.6 Å². The Morgan fingerprint density at radius 1 is 0.836 bits per heavy atom. The van der Waals surface area contributed by atoms with Gasteiger partial charge in [0.1, 0.15) is 11.6 Å². The maximum absolute atomic E-state index is 15.4. The van der Waals surface area contributed by atoms with Crippen molar-refractivity contribution in [1.82, 2.24) is 26.2 Å². The lowest BCUT2D eigenvalue weighted by Gasteiger charge is -2.68. The number of hydrogen-bond acceptors (Lipinski definition) is 7. The first-order chi connectivity index (χ1) is 25.8. The van der Waals surface area contributed by atoms with Gasteiger partial charge in [0.15, 0.2) is 9.84 Å². The lowest BCUT2D eigenvalue weighted by molar-refractivity contribution is -0.203. The molecule has 5 unspecified atom stereocenters. The van der Waals surface area contributed by atoms with Gasteiger partial charge in [-0.25, -0.2) is 13.2 Å². The summed E-state index contributed by atoms with van der Waals surface area (Å²) in [6, 6.07) is -2.41. The molecular formula is C42H67N5O7S. The average molecular weight is 786 g/mol. The summed E-state index contributed by atoms with van der Waals surface area (Å²) in [5.41, 5.74) is -2.76. The number of carbonyl (C=O) groups is 5. The van der Waals surface area contributed by atoms with Crippen molar-refractivity contribution in [2.75, 3.05) is 12.3 Å². The van der Waals surface area contributed by atoms with E-state index >= 15 is 4.79 Å². The van der Waals surface area contributed by atoms with Crippen LogP contribution < -0.4 is 21.3 Å². The number of sulfone groups is 1. The first-order valence-electron chi connectivity index (χ1n) is 21.6. The maximum Gasteiger partial charge on any atom is 0.315 e. The predicted octanol–water partition coefficient (Wildman–Crippen LogP) is 4.94. The van der Waals surface area contributed by atoms with E-state index < -0.39 is 60.9 Å². The van der Waals surface area contributed by atoms with E-state index in [1.165, 1.54) is 0 Å². The molecule has 6 saturated carbocycles. The quantitative estimate of drug-likeness (QED) is 0.171. The predicted molar refractivity (Wildman–Crippen MR) is 209 cm³/mol. The minimum atomic E-state index is -3.58. The topological polar surface area (TPSA) is 171 Å². The Balaban J connectivity index is 1.16. The van der Waals surface area contributed by atoms with Crippen molar-refractivity contribution in [1.29, 1.82) is 0 Å². The van der Waals surface area contributed by atoms with E-state index in [2.05, 4.69) is 42.0 Å². The highest BCUT2D eigenvalue weighted by molar-refractivity contribution is 7.92. The van der Waals surface area contributed by atoms with Gasteiger partial charge in [-0.15, -0.1) is 0 Å². The molecule has 0 radical (unpaired) electrons. The van der Waals surface area contributed by atoms with Crippen LogP contribution in [0.4, 0.5) is 4.79 Å². The Morgan fingerprint density at radius 2 is 1.45 bits per heavy atom. The molecule has 7 fully saturated rings. The number of likely N-dealkylation sites (tertiary alicyclic amines) is 1. The van der Waals surface area contributed by atoms with Crippen LogP contribution in [0.3, 0.4) is 0 Å². The highest BCUT2D eigenvalue weighted by atomic mass is 32.2. The summed E-state index contributed by atoms with van der Waals surface area (Å²) in [5.74, 6) is -1.52. The summed E-state index contributed by atoms with van der Waals surface area (Å²) < 4.78 is 26.6. The molecule has 55 heavy (non-hydrogen) atoms. The summed E-state index contributed by atoms with van der Waals surface area (Å²) in [6.45, 7) is 12.2. The molecular weight excluding hydrogens is 719 g/mol. The molecule has 7 aliphatic rings. The second-order valence-corrected chi connectivity index (χ2v) is 23.0. The van der Waals surface area contributed by atoms with Gasteiger partial charge in [0.05, 0.1) is 22.1 Å². The number of rotatable bonds is 15. The zero-order valence-corrected chi connectivity index (χ0v) is 35.0. The molecule has 0 aromatic heterocycles. The molecule has 4 N–H and O–H groups in total. The molecule has 308 valence electrons. The molecule has 6 atom stereocenters. The van der Waals surface area contributed by atoms with Crippen LogP contribution >= 0.6 is 0 Å². The largest absolute Gasteiger partial charge is 0.347 e. The standard InChI is InChI=1S/C42H67N5O7S/c1-7-38(2,3)55(53,54)25-41(20-12-9-13-21-41)46-37(52)45-33(40(6)18-10-8-11-19-40)35(50)47-24-29-31-28(39(29,4)5)23-42(31,47)36(51)44-30(22-26-14-15-26)32(48)34(49)43-27-16-17-27/h26-31,33H,7-25H2,1-6H3,(H,43,49)(H,44,51)(H2,45,46,52)/t28?,29?,30?,31?,33-,42?/m1/s1. The maximum atomic E-state index is 15.4. The Labute approximate surface area is 328 Å². The smallest absolute Gasteiger partial charge is 0.315 e. The van der Waals surface area contributed by atoms with Crippen molar-refractivity contribution >= 4 is 39.4 Å². The third kappa shape index (κ3) is 7.23. The van der Waals surface area contributed by atoms with Crippen molar-refractivity contribution in [2.45, 2.75) is 185 Å². The summed E-state index contributed by atoms with van der Waals surface area (Å²) in [5, 5.41) is 12.1. The van der Waals surface area contributed by atoms with Gasteiger partial charge in [-0.1, -0.05) is 79.1 Å². The lowest BCUT2D eigenvalue weighted by atomic mass is 9.36. The van der Waals surface area contributed by atoms with Crippen LogP contribution in [0, 0.1) is 34.5 Å². The molecule has 6 aliphatic carbocycles. The van der Waals surface area contributed by atoms with Crippen LogP contribution in [-0.2, 0) is 29.0 Å². The van der Waals surface area contributed by atoms with Crippen LogP contribution in [0.1, 0.15) is 151 Å². The van der Waals surface area contributed by atoms with Crippen molar-refractivity contribution in [2.24, 2.45) is 34.5 Å². The minimum Gasteiger partial charge on any atom is -0.347 e. The number of Topliss-reactive ketones (excluding diaryl/α,β-unsaturated/α-hetero) is 1. The van der Waals surface area contributed by atoms with Crippen LogP contribution in [0.5, 0.6) is 0 Å². The van der Waals surface area contributed by atoms with Gasteiger partial charge in [-0.3, -0.25) is 19.2 Å². The molecule has 7 rings (SSSR count). The van der Waals surface area contributed by atoms with Crippen LogP contribution in [-0.4, -0.2) is 89.1 Å². The molecule has 1 aliphatic heterocycles. The van der Waals surface area contributed by atoms with Gasteiger partial charge >= 0.3 is 6.03 Å². The Morgan fingerprint density at radius 3 is 2.04 bits per heavy atom. The van der Waals surface area contributed by atoms with Crippen molar-refractivity contribution < 1.29 is 32.4 Å². The summed E-state index contributed by atoms with van der Waals surface area (Å²) in [4.78, 5) is 72.7. The van der Waals surface area contributed by atoms with Crippen molar-refractivity contribution in [3.05, 3.63) is 0 Å².